The molecule has 4 N–H and O–H groups in total. The van der Waals surface area contributed by atoms with Crippen LogP contribution in [-0.2, 0) is 38.0 Å². The maximum Gasteiger partial charge on any atom is 0.311 e. The van der Waals surface area contributed by atoms with E-state index < -0.39 is 95.8 Å². The zero-order valence-corrected chi connectivity index (χ0v) is 33.1. The number of esters is 1. The van der Waals surface area contributed by atoms with E-state index in [0.29, 0.717) is 18.6 Å². The molecule has 0 aromatic carbocycles. The average Bonchev–Trinajstić information content (AvgIpc) is 3.40. The number of cyclic esters (lactones) is 1. The molecule has 5 unspecified atom stereocenters. The Balaban J connectivity index is 1.84. The average molecular weight is 730 g/mol. The van der Waals surface area contributed by atoms with Gasteiger partial charge in [0.25, 0.3) is 0 Å². The van der Waals surface area contributed by atoms with Crippen LogP contribution < -0.4 is 0 Å². The molecule has 0 saturated carbocycles. The number of rotatable bonds is 8. The number of likely N-dealkylation sites (N-methyl/N-ethyl adjacent to an activating group) is 1. The highest BCUT2D eigenvalue weighted by molar-refractivity contribution is 5.73. The van der Waals surface area contributed by atoms with Crippen LogP contribution in [0.25, 0.3) is 0 Å². The number of fused-ring (bicyclic) bond motifs is 2. The number of aliphatic hydroxyl groups excluding tert-OH is 3. The van der Waals surface area contributed by atoms with E-state index >= 15 is 0 Å². The van der Waals surface area contributed by atoms with Crippen molar-refractivity contribution in [2.75, 3.05) is 20.7 Å². The van der Waals surface area contributed by atoms with Crippen molar-refractivity contribution in [1.82, 2.24) is 4.90 Å². The minimum atomic E-state index is -1.82. The van der Waals surface area contributed by atoms with E-state index in [9.17, 15) is 25.2 Å². The summed E-state index contributed by atoms with van der Waals surface area (Å²) in [5.74, 6) is -2.31. The molecule has 0 radical (unpaired) electrons. The molecule has 13 heteroatoms. The third-order valence-corrected chi connectivity index (χ3v) is 12.4. The van der Waals surface area contributed by atoms with Crippen molar-refractivity contribution in [2.45, 2.75) is 186 Å². The summed E-state index contributed by atoms with van der Waals surface area (Å²) in [6.45, 7) is 20.8. The van der Waals surface area contributed by atoms with Gasteiger partial charge in [0.15, 0.2) is 12.6 Å². The third-order valence-electron chi connectivity index (χ3n) is 12.4. The fourth-order valence-corrected chi connectivity index (χ4v) is 8.89. The maximum absolute atomic E-state index is 14.1. The SMILES string of the molecule is CCC1OC(=O)C(C)C(O[C@@H]2C[C@@](C)(OC)[C@@H](O)[C@H](C)O2)C(C)C(O[C@@H]2O[C@H](C)C[C@H](N(C)CC)[C@H]2O)[C@@]2(C)CC(C)=C(O2)[C@H](C)[C@@H](O)[C@]1(C)O. The Labute approximate surface area is 304 Å². The van der Waals surface area contributed by atoms with Crippen LogP contribution >= 0.6 is 0 Å². The van der Waals surface area contributed by atoms with Gasteiger partial charge in [0.1, 0.15) is 41.4 Å². The van der Waals surface area contributed by atoms with Crippen LogP contribution in [0.3, 0.4) is 0 Å². The summed E-state index contributed by atoms with van der Waals surface area (Å²) in [5.41, 5.74) is -3.00. The number of hydrogen-bond acceptors (Lipinski definition) is 13. The van der Waals surface area contributed by atoms with E-state index in [2.05, 4.69) is 4.90 Å². The van der Waals surface area contributed by atoms with E-state index in [0.717, 1.165) is 12.1 Å². The lowest BCUT2D eigenvalue weighted by atomic mass is 9.78. The van der Waals surface area contributed by atoms with Crippen molar-refractivity contribution in [2.24, 2.45) is 17.8 Å². The van der Waals surface area contributed by atoms with Gasteiger partial charge in [-0.2, -0.15) is 0 Å². The highest BCUT2D eigenvalue weighted by Gasteiger charge is 2.56. The van der Waals surface area contributed by atoms with Gasteiger partial charge in [-0.1, -0.05) is 27.7 Å². The summed E-state index contributed by atoms with van der Waals surface area (Å²) in [4.78, 5) is 16.2. The van der Waals surface area contributed by atoms with Crippen LogP contribution in [0.5, 0.6) is 0 Å². The summed E-state index contributed by atoms with van der Waals surface area (Å²) in [6, 6.07) is -0.221. The Bertz CT molecular complexity index is 1230. The van der Waals surface area contributed by atoms with Crippen LogP contribution in [-0.4, -0.2) is 136 Å². The molecule has 4 heterocycles. The first-order valence-corrected chi connectivity index (χ1v) is 18.9. The summed E-state index contributed by atoms with van der Waals surface area (Å²) in [6.07, 6.45) is -7.37. The van der Waals surface area contributed by atoms with E-state index in [1.165, 1.54) is 14.0 Å². The number of methoxy groups -OCH3 is 1. The predicted molar refractivity (Wildman–Crippen MR) is 188 cm³/mol. The molecule has 0 spiro atoms. The highest BCUT2D eigenvalue weighted by Crippen LogP contribution is 2.47. The lowest BCUT2D eigenvalue weighted by Gasteiger charge is -2.48. The molecule has 296 valence electrons. The largest absolute Gasteiger partial charge is 0.489 e. The zero-order valence-electron chi connectivity index (χ0n) is 33.1. The van der Waals surface area contributed by atoms with Crippen molar-refractivity contribution in [3.05, 3.63) is 11.3 Å². The Hall–Kier alpha value is -1.39. The van der Waals surface area contributed by atoms with Gasteiger partial charge in [-0.25, -0.2) is 0 Å². The second-order valence-corrected chi connectivity index (χ2v) is 16.5. The fraction of sp³-hybridized carbons (Fsp3) is 0.921. The number of nitrogens with zero attached hydrogens (tertiary/aromatic N) is 1. The minimum Gasteiger partial charge on any atom is -0.489 e. The van der Waals surface area contributed by atoms with Crippen molar-refractivity contribution in [1.29, 1.82) is 0 Å². The molecule has 2 bridgehead atoms. The molecule has 4 aliphatic heterocycles. The van der Waals surface area contributed by atoms with Crippen molar-refractivity contribution < 1.29 is 58.4 Å². The van der Waals surface area contributed by atoms with Crippen LogP contribution in [0, 0.1) is 17.8 Å². The van der Waals surface area contributed by atoms with Gasteiger partial charge >= 0.3 is 5.97 Å². The summed E-state index contributed by atoms with van der Waals surface area (Å²) in [7, 11) is 3.49. The van der Waals surface area contributed by atoms with Crippen LogP contribution in [0.2, 0.25) is 0 Å². The number of carbonyl (C=O) groups excluding carboxylic acids is 1. The Morgan fingerprint density at radius 3 is 2.20 bits per heavy atom. The second-order valence-electron chi connectivity index (χ2n) is 16.5. The summed E-state index contributed by atoms with van der Waals surface area (Å²) in [5, 5.41) is 46.0. The molecule has 4 rings (SSSR count). The van der Waals surface area contributed by atoms with Crippen LogP contribution in [0.1, 0.15) is 102 Å². The molecule has 3 fully saturated rings. The standard InChI is InChI=1S/C38H67NO12/c1-14-26-38(11,44)31(41)21(5)29-19(3)17-37(10,51-29)33(50-35-28(40)25(39(12)15-2)16-20(4)46-35)22(6)30(23(7)34(43)48-26)49-27-18-36(9,45-13)32(42)24(8)47-27/h20-28,30-33,35,40-42,44H,14-18H2,1-13H3/t20-,21+,22?,23?,24+,25+,26?,27-,28-,30?,31-,32+,33?,35+,36-,37-,38-/m1/s1. The number of carbonyl (C=O) groups is 1. The molecule has 0 aliphatic carbocycles. The van der Waals surface area contributed by atoms with E-state index in [1.807, 2.05) is 41.7 Å². The highest BCUT2D eigenvalue weighted by atomic mass is 16.7. The van der Waals surface area contributed by atoms with Crippen LogP contribution in [0.4, 0.5) is 0 Å². The Morgan fingerprint density at radius 2 is 1.61 bits per heavy atom. The van der Waals surface area contributed by atoms with Gasteiger partial charge < -0.3 is 58.5 Å². The quantitative estimate of drug-likeness (QED) is 0.269. The van der Waals surface area contributed by atoms with Gasteiger partial charge in [-0.05, 0) is 80.5 Å². The first-order chi connectivity index (χ1) is 23.6. The molecule has 0 aromatic rings. The first kappa shape index (κ1) is 42.4. The molecule has 0 amide bonds. The molecule has 0 aromatic heterocycles. The summed E-state index contributed by atoms with van der Waals surface area (Å²) >= 11 is 0. The molecule has 3 saturated heterocycles. The zero-order chi connectivity index (χ0) is 38.4. The number of aliphatic hydroxyl groups is 4. The molecule has 17 atom stereocenters. The lowest BCUT2D eigenvalue weighted by Crippen LogP contribution is -2.60. The molecule has 51 heavy (non-hydrogen) atoms. The molecular formula is C38H67NO12. The van der Waals surface area contributed by atoms with E-state index in [-0.39, 0.29) is 25.0 Å². The van der Waals surface area contributed by atoms with E-state index in [4.69, 9.17) is 33.2 Å². The Morgan fingerprint density at radius 1 is 0.961 bits per heavy atom. The fourth-order valence-electron chi connectivity index (χ4n) is 8.89. The van der Waals surface area contributed by atoms with Crippen molar-refractivity contribution in [3.8, 4) is 0 Å². The predicted octanol–water partition coefficient (Wildman–Crippen LogP) is 3.28. The lowest BCUT2D eigenvalue weighted by molar-refractivity contribution is -0.317. The van der Waals surface area contributed by atoms with Gasteiger partial charge in [0.2, 0.25) is 0 Å². The van der Waals surface area contributed by atoms with Crippen LogP contribution in [0.15, 0.2) is 11.3 Å². The third kappa shape index (κ3) is 8.33. The van der Waals surface area contributed by atoms with Gasteiger partial charge in [-0.15, -0.1) is 0 Å². The van der Waals surface area contributed by atoms with E-state index in [1.54, 1.807) is 34.6 Å². The van der Waals surface area contributed by atoms with Gasteiger partial charge in [0.05, 0.1) is 35.9 Å². The Kier molecular flexibility index (Phi) is 13.4. The van der Waals surface area contributed by atoms with Gasteiger partial charge in [-0.3, -0.25) is 4.79 Å². The smallest absolute Gasteiger partial charge is 0.311 e. The number of ether oxygens (including phenoxy) is 7. The van der Waals surface area contributed by atoms with Crippen molar-refractivity contribution in [3.63, 3.8) is 0 Å². The number of hydrogen-bond donors (Lipinski definition) is 4. The first-order valence-electron chi connectivity index (χ1n) is 18.9. The summed E-state index contributed by atoms with van der Waals surface area (Å²) < 4.78 is 44.8. The van der Waals surface area contributed by atoms with Crippen molar-refractivity contribution >= 4 is 5.97 Å². The maximum atomic E-state index is 14.1. The topological polar surface area (TPSA) is 166 Å². The normalized spacial score (nSPS) is 48.8. The molecular weight excluding hydrogens is 662 g/mol. The minimum absolute atomic E-state index is 0.174. The second kappa shape index (κ2) is 16.1. The molecule has 13 nitrogen and oxygen atoms in total. The monoisotopic (exact) mass is 729 g/mol. The molecule has 4 aliphatic rings. The van der Waals surface area contributed by atoms with Gasteiger partial charge in [0, 0.05) is 37.8 Å².